The zero-order chi connectivity index (χ0) is 14.8. The van der Waals surface area contributed by atoms with Crippen LogP contribution < -0.4 is 10.6 Å². The highest BCUT2D eigenvalue weighted by atomic mass is 16.5. The molecule has 112 valence electrons. The largest absolute Gasteiger partial charge is 0.375 e. The molecular formula is C14H19N5O2. The molecule has 0 bridgehead atoms. The van der Waals surface area contributed by atoms with Gasteiger partial charge in [-0.15, -0.1) is 10.2 Å². The second-order valence-electron chi connectivity index (χ2n) is 5.23. The molecule has 1 aliphatic rings. The third kappa shape index (κ3) is 2.74. The lowest BCUT2D eigenvalue weighted by Gasteiger charge is -2.30. The van der Waals surface area contributed by atoms with Gasteiger partial charge in [0, 0.05) is 12.7 Å². The van der Waals surface area contributed by atoms with E-state index in [1.165, 1.54) is 0 Å². The molecule has 3 rings (SSSR count). The van der Waals surface area contributed by atoms with Crippen LogP contribution in [0.25, 0.3) is 5.65 Å². The van der Waals surface area contributed by atoms with Crippen LogP contribution >= 0.6 is 0 Å². The minimum atomic E-state index is -0.333. The number of morpholine rings is 1. The Bertz CT molecular complexity index is 641. The highest BCUT2D eigenvalue weighted by molar-refractivity contribution is 5.82. The molecule has 0 aromatic carbocycles. The summed E-state index contributed by atoms with van der Waals surface area (Å²) in [5.41, 5.74) is 0.765. The summed E-state index contributed by atoms with van der Waals surface area (Å²) in [6.45, 7) is 5.11. The van der Waals surface area contributed by atoms with Crippen LogP contribution in [0.4, 0.5) is 0 Å². The first-order chi connectivity index (χ1) is 10.2. The Balaban J connectivity index is 1.73. The Hall–Kier alpha value is -1.99. The van der Waals surface area contributed by atoms with Gasteiger partial charge in [0.25, 0.3) is 0 Å². The molecule has 21 heavy (non-hydrogen) atoms. The SMILES string of the molecule is CC(NC(=O)[C@H]1NCCO[C@@H]1C)c1nnc2ccccn12. The molecule has 0 saturated carbocycles. The quantitative estimate of drug-likeness (QED) is 0.848. The van der Waals surface area contributed by atoms with Gasteiger partial charge in [0.15, 0.2) is 11.5 Å². The number of ether oxygens (including phenoxy) is 1. The van der Waals surface area contributed by atoms with Crippen molar-refractivity contribution in [2.45, 2.75) is 32.0 Å². The molecule has 1 amide bonds. The standard InChI is InChI=1S/C14H19N5O2/c1-9(13-18-17-11-5-3-4-7-19(11)13)16-14(20)12-10(2)21-8-6-15-12/h3-5,7,9-10,12,15H,6,8H2,1-2H3,(H,16,20)/t9?,10-,12+/m1/s1. The molecule has 7 nitrogen and oxygen atoms in total. The number of hydrogen-bond donors (Lipinski definition) is 2. The summed E-state index contributed by atoms with van der Waals surface area (Å²) in [7, 11) is 0. The van der Waals surface area contributed by atoms with Crippen molar-refractivity contribution in [3.63, 3.8) is 0 Å². The van der Waals surface area contributed by atoms with Crippen LogP contribution in [0, 0.1) is 0 Å². The lowest BCUT2D eigenvalue weighted by atomic mass is 10.1. The fraction of sp³-hybridized carbons (Fsp3) is 0.500. The Kier molecular flexibility index (Phi) is 3.85. The maximum atomic E-state index is 12.3. The fourth-order valence-electron chi connectivity index (χ4n) is 2.55. The van der Waals surface area contributed by atoms with E-state index in [0.717, 1.165) is 5.65 Å². The van der Waals surface area contributed by atoms with Crippen molar-refractivity contribution in [1.82, 2.24) is 25.2 Å². The average molecular weight is 289 g/mol. The molecule has 2 aromatic rings. The molecule has 0 radical (unpaired) electrons. The van der Waals surface area contributed by atoms with Gasteiger partial charge in [-0.05, 0) is 26.0 Å². The van der Waals surface area contributed by atoms with Gasteiger partial charge in [-0.2, -0.15) is 0 Å². The second-order valence-corrected chi connectivity index (χ2v) is 5.23. The monoisotopic (exact) mass is 289 g/mol. The number of carbonyl (C=O) groups is 1. The average Bonchev–Trinajstić information content (AvgIpc) is 2.91. The van der Waals surface area contributed by atoms with Crippen LogP contribution in [0.5, 0.6) is 0 Å². The molecule has 2 aromatic heterocycles. The minimum Gasteiger partial charge on any atom is -0.375 e. The van der Waals surface area contributed by atoms with E-state index in [2.05, 4.69) is 20.8 Å². The Labute approximate surface area is 122 Å². The van der Waals surface area contributed by atoms with Crippen molar-refractivity contribution in [2.24, 2.45) is 0 Å². The molecule has 0 aliphatic carbocycles. The summed E-state index contributed by atoms with van der Waals surface area (Å²) in [6.07, 6.45) is 1.75. The number of amides is 1. The predicted molar refractivity (Wildman–Crippen MR) is 76.7 cm³/mol. The molecule has 1 aliphatic heterocycles. The topological polar surface area (TPSA) is 80.5 Å². The lowest BCUT2D eigenvalue weighted by Crippen LogP contribution is -2.55. The first-order valence-corrected chi connectivity index (χ1v) is 7.12. The van der Waals surface area contributed by atoms with Crippen molar-refractivity contribution in [3.05, 3.63) is 30.2 Å². The summed E-state index contributed by atoms with van der Waals surface area (Å²) >= 11 is 0. The molecule has 1 unspecified atom stereocenters. The third-order valence-corrected chi connectivity index (χ3v) is 3.69. The smallest absolute Gasteiger partial charge is 0.240 e. The van der Waals surface area contributed by atoms with Crippen LogP contribution in [0.2, 0.25) is 0 Å². The maximum Gasteiger partial charge on any atom is 0.240 e. The van der Waals surface area contributed by atoms with Crippen molar-refractivity contribution in [1.29, 1.82) is 0 Å². The van der Waals surface area contributed by atoms with Gasteiger partial charge in [0.1, 0.15) is 6.04 Å². The van der Waals surface area contributed by atoms with Crippen molar-refractivity contribution in [2.75, 3.05) is 13.2 Å². The van der Waals surface area contributed by atoms with Gasteiger partial charge in [-0.3, -0.25) is 9.20 Å². The van der Waals surface area contributed by atoms with Crippen molar-refractivity contribution in [3.8, 4) is 0 Å². The normalized spacial score (nSPS) is 23.9. The molecule has 1 saturated heterocycles. The third-order valence-electron chi connectivity index (χ3n) is 3.69. The number of fused-ring (bicyclic) bond motifs is 1. The summed E-state index contributed by atoms with van der Waals surface area (Å²) in [6, 6.07) is 5.13. The Morgan fingerprint density at radius 3 is 3.19 bits per heavy atom. The fourth-order valence-corrected chi connectivity index (χ4v) is 2.55. The van der Waals surface area contributed by atoms with Crippen LogP contribution in [-0.2, 0) is 9.53 Å². The van der Waals surface area contributed by atoms with Gasteiger partial charge in [0.2, 0.25) is 5.91 Å². The zero-order valence-electron chi connectivity index (χ0n) is 12.1. The molecule has 7 heteroatoms. The van der Waals surface area contributed by atoms with Crippen LogP contribution in [0.3, 0.4) is 0 Å². The number of rotatable bonds is 3. The number of pyridine rings is 1. The van der Waals surface area contributed by atoms with Gasteiger partial charge in [-0.1, -0.05) is 6.07 Å². The highest BCUT2D eigenvalue weighted by Crippen LogP contribution is 2.13. The van der Waals surface area contributed by atoms with Crippen LogP contribution in [0.15, 0.2) is 24.4 Å². The second kappa shape index (κ2) is 5.79. The molecule has 2 N–H and O–H groups in total. The van der Waals surface area contributed by atoms with Crippen LogP contribution in [0.1, 0.15) is 25.7 Å². The molecular weight excluding hydrogens is 270 g/mol. The number of carbonyl (C=O) groups excluding carboxylic acids is 1. The van der Waals surface area contributed by atoms with Crippen molar-refractivity contribution < 1.29 is 9.53 Å². The van der Waals surface area contributed by atoms with Crippen molar-refractivity contribution >= 4 is 11.6 Å². The minimum absolute atomic E-state index is 0.0811. The van der Waals surface area contributed by atoms with E-state index in [9.17, 15) is 4.79 Å². The zero-order valence-corrected chi connectivity index (χ0v) is 12.1. The van der Waals surface area contributed by atoms with Crippen LogP contribution in [-0.4, -0.2) is 45.8 Å². The highest BCUT2D eigenvalue weighted by Gasteiger charge is 2.29. The van der Waals surface area contributed by atoms with Gasteiger partial charge >= 0.3 is 0 Å². The number of nitrogens with zero attached hydrogens (tertiary/aromatic N) is 3. The molecule has 3 atom stereocenters. The lowest BCUT2D eigenvalue weighted by molar-refractivity contribution is -0.129. The van der Waals surface area contributed by atoms with E-state index >= 15 is 0 Å². The summed E-state index contributed by atoms with van der Waals surface area (Å²) < 4.78 is 7.37. The maximum absolute atomic E-state index is 12.3. The van der Waals surface area contributed by atoms with Gasteiger partial charge in [-0.25, -0.2) is 0 Å². The van der Waals surface area contributed by atoms with E-state index in [1.54, 1.807) is 0 Å². The summed E-state index contributed by atoms with van der Waals surface area (Å²) in [5, 5.41) is 14.4. The summed E-state index contributed by atoms with van der Waals surface area (Å²) in [4.78, 5) is 12.3. The first kappa shape index (κ1) is 14.0. The van der Waals surface area contributed by atoms with Gasteiger partial charge in [0.05, 0.1) is 18.8 Å². The van der Waals surface area contributed by atoms with E-state index in [-0.39, 0.29) is 24.1 Å². The molecule has 3 heterocycles. The van der Waals surface area contributed by atoms with E-state index < -0.39 is 0 Å². The summed E-state index contributed by atoms with van der Waals surface area (Å²) in [5.74, 6) is 0.630. The van der Waals surface area contributed by atoms with E-state index in [4.69, 9.17) is 4.74 Å². The van der Waals surface area contributed by atoms with E-state index in [0.29, 0.717) is 19.0 Å². The Morgan fingerprint density at radius 2 is 2.38 bits per heavy atom. The molecule has 0 spiro atoms. The first-order valence-electron chi connectivity index (χ1n) is 7.12. The molecule has 1 fully saturated rings. The predicted octanol–water partition coefficient (Wildman–Crippen LogP) is 0.283. The Morgan fingerprint density at radius 1 is 1.52 bits per heavy atom. The number of hydrogen-bond acceptors (Lipinski definition) is 5. The number of nitrogens with one attached hydrogen (secondary N) is 2. The van der Waals surface area contributed by atoms with E-state index in [1.807, 2.05) is 42.6 Å². The van der Waals surface area contributed by atoms with Gasteiger partial charge < -0.3 is 15.4 Å². The number of aromatic nitrogens is 3.